The molecule has 0 radical (unpaired) electrons. The van der Waals surface area contributed by atoms with Crippen molar-refractivity contribution in [3.8, 4) is 0 Å². The molecule has 5 heteroatoms. The number of carboxylic acids is 1. The van der Waals surface area contributed by atoms with Gasteiger partial charge in [-0.25, -0.2) is 4.79 Å². The molecule has 0 heterocycles. The molecule has 0 bridgehead atoms. The van der Waals surface area contributed by atoms with Crippen LogP contribution in [0.2, 0.25) is 0 Å². The molecule has 1 N–H and O–H groups in total. The van der Waals surface area contributed by atoms with Crippen LogP contribution in [-0.4, -0.2) is 17.4 Å². The summed E-state index contributed by atoms with van der Waals surface area (Å²) in [5, 5.41) is 16.8. The average molecular weight is 254 g/mol. The normalized spacial score (nSPS) is 10.5. The van der Waals surface area contributed by atoms with E-state index < -0.39 is 5.97 Å². The number of rotatable bonds is 4. The standard InChI is InChI=1S/C14H10N2O3/c17-9-11-8-10(14(18)19)6-7-13(11)16-15-12-4-2-1-3-5-12/h1-9H,(H,18,19). The summed E-state index contributed by atoms with van der Waals surface area (Å²) in [6.07, 6.45) is 0.561. The van der Waals surface area contributed by atoms with E-state index in [1.165, 1.54) is 18.2 Å². The fraction of sp³-hybridized carbons (Fsp3) is 0. The van der Waals surface area contributed by atoms with Crippen molar-refractivity contribution < 1.29 is 14.7 Å². The molecule has 0 aliphatic carbocycles. The maximum Gasteiger partial charge on any atom is 0.335 e. The number of carboxylic acid groups (broad SMARTS) is 1. The first-order valence-corrected chi connectivity index (χ1v) is 5.50. The van der Waals surface area contributed by atoms with Crippen molar-refractivity contribution >= 4 is 23.6 Å². The molecular formula is C14H10N2O3. The Morgan fingerprint density at radius 3 is 2.42 bits per heavy atom. The van der Waals surface area contributed by atoms with Gasteiger partial charge in [-0.2, -0.15) is 5.11 Å². The number of hydrogen-bond donors (Lipinski definition) is 1. The van der Waals surface area contributed by atoms with Gasteiger partial charge in [0.2, 0.25) is 0 Å². The second-order valence-electron chi connectivity index (χ2n) is 3.73. The molecule has 0 fully saturated rings. The Bertz CT molecular complexity index is 636. The summed E-state index contributed by atoms with van der Waals surface area (Å²) in [6.45, 7) is 0. The van der Waals surface area contributed by atoms with Gasteiger partial charge in [0.15, 0.2) is 6.29 Å². The third-order valence-electron chi connectivity index (χ3n) is 2.43. The Balaban J connectivity index is 2.33. The molecule has 0 unspecified atom stereocenters. The molecule has 5 nitrogen and oxygen atoms in total. The fourth-order valence-corrected chi connectivity index (χ4v) is 1.48. The summed E-state index contributed by atoms with van der Waals surface area (Å²) in [4.78, 5) is 21.7. The summed E-state index contributed by atoms with van der Waals surface area (Å²) in [5.74, 6) is -1.09. The zero-order chi connectivity index (χ0) is 13.7. The summed E-state index contributed by atoms with van der Waals surface area (Å²) in [7, 11) is 0. The minimum atomic E-state index is -1.09. The molecule has 2 rings (SSSR count). The molecule has 0 saturated heterocycles. The minimum absolute atomic E-state index is 0.0424. The molecule has 0 aliphatic rings. The van der Waals surface area contributed by atoms with Crippen LogP contribution in [0.5, 0.6) is 0 Å². The number of aldehydes is 1. The molecule has 2 aromatic rings. The third-order valence-corrected chi connectivity index (χ3v) is 2.43. The van der Waals surface area contributed by atoms with Crippen molar-refractivity contribution in [3.05, 3.63) is 59.7 Å². The maximum absolute atomic E-state index is 10.9. The van der Waals surface area contributed by atoms with Gasteiger partial charge in [-0.1, -0.05) is 18.2 Å². The van der Waals surface area contributed by atoms with E-state index in [-0.39, 0.29) is 11.1 Å². The smallest absolute Gasteiger partial charge is 0.335 e. The van der Waals surface area contributed by atoms with Gasteiger partial charge >= 0.3 is 5.97 Å². The van der Waals surface area contributed by atoms with Crippen LogP contribution >= 0.6 is 0 Å². The van der Waals surface area contributed by atoms with Crippen LogP contribution in [-0.2, 0) is 0 Å². The summed E-state index contributed by atoms with van der Waals surface area (Å²) >= 11 is 0. The van der Waals surface area contributed by atoms with Gasteiger partial charge in [0, 0.05) is 5.56 Å². The molecule has 0 aliphatic heterocycles. The molecule has 0 spiro atoms. The first-order chi connectivity index (χ1) is 9.20. The third kappa shape index (κ3) is 3.10. The van der Waals surface area contributed by atoms with E-state index in [1.807, 2.05) is 18.2 Å². The number of aromatic carboxylic acids is 1. The molecular weight excluding hydrogens is 244 g/mol. The Morgan fingerprint density at radius 2 is 1.79 bits per heavy atom. The maximum atomic E-state index is 10.9. The Hall–Kier alpha value is -2.82. The average Bonchev–Trinajstić information content (AvgIpc) is 2.45. The lowest BCUT2D eigenvalue weighted by Gasteiger charge is -1.99. The fourth-order valence-electron chi connectivity index (χ4n) is 1.48. The lowest BCUT2D eigenvalue weighted by Crippen LogP contribution is -1.97. The zero-order valence-electron chi connectivity index (χ0n) is 9.85. The number of azo groups is 1. The van der Waals surface area contributed by atoms with Crippen molar-refractivity contribution in [2.45, 2.75) is 0 Å². The molecule has 2 aromatic carbocycles. The van der Waals surface area contributed by atoms with Gasteiger partial charge in [0.1, 0.15) is 0 Å². The SMILES string of the molecule is O=Cc1cc(C(=O)O)ccc1N=Nc1ccccc1. The van der Waals surface area contributed by atoms with Crippen LogP contribution < -0.4 is 0 Å². The lowest BCUT2D eigenvalue weighted by molar-refractivity contribution is 0.0697. The summed E-state index contributed by atoms with van der Waals surface area (Å²) in [6, 6.07) is 13.2. The second kappa shape index (κ2) is 5.68. The Morgan fingerprint density at radius 1 is 1.05 bits per heavy atom. The number of benzene rings is 2. The Labute approximate surface area is 109 Å². The highest BCUT2D eigenvalue weighted by Gasteiger charge is 2.07. The van der Waals surface area contributed by atoms with Gasteiger partial charge in [-0.05, 0) is 30.3 Å². The van der Waals surface area contributed by atoms with Gasteiger partial charge in [0.05, 0.1) is 16.9 Å². The van der Waals surface area contributed by atoms with Gasteiger partial charge < -0.3 is 5.11 Å². The van der Waals surface area contributed by atoms with Crippen molar-refractivity contribution in [1.29, 1.82) is 0 Å². The van der Waals surface area contributed by atoms with E-state index in [0.29, 0.717) is 17.7 Å². The van der Waals surface area contributed by atoms with Crippen LogP contribution in [0, 0.1) is 0 Å². The first-order valence-electron chi connectivity index (χ1n) is 5.50. The van der Waals surface area contributed by atoms with E-state index in [0.717, 1.165) is 0 Å². The molecule has 0 saturated carbocycles. The number of nitrogens with zero attached hydrogens (tertiary/aromatic N) is 2. The molecule has 0 aromatic heterocycles. The molecule has 19 heavy (non-hydrogen) atoms. The lowest BCUT2D eigenvalue weighted by atomic mass is 10.1. The highest BCUT2D eigenvalue weighted by molar-refractivity contribution is 5.92. The number of hydrogen-bond acceptors (Lipinski definition) is 4. The van der Waals surface area contributed by atoms with Crippen molar-refractivity contribution in [3.63, 3.8) is 0 Å². The number of carbonyl (C=O) groups excluding carboxylic acids is 1. The van der Waals surface area contributed by atoms with E-state index in [1.54, 1.807) is 12.1 Å². The second-order valence-corrected chi connectivity index (χ2v) is 3.73. The van der Waals surface area contributed by atoms with Gasteiger partial charge in [-0.15, -0.1) is 5.11 Å². The molecule has 0 amide bonds. The van der Waals surface area contributed by atoms with E-state index in [9.17, 15) is 9.59 Å². The van der Waals surface area contributed by atoms with E-state index in [4.69, 9.17) is 5.11 Å². The summed E-state index contributed by atoms with van der Waals surface area (Å²) in [5.41, 5.74) is 1.23. The minimum Gasteiger partial charge on any atom is -0.478 e. The summed E-state index contributed by atoms with van der Waals surface area (Å²) < 4.78 is 0. The molecule has 0 atom stereocenters. The van der Waals surface area contributed by atoms with Gasteiger partial charge in [-0.3, -0.25) is 4.79 Å². The van der Waals surface area contributed by atoms with Gasteiger partial charge in [0.25, 0.3) is 0 Å². The monoisotopic (exact) mass is 254 g/mol. The first kappa shape index (κ1) is 12.6. The number of carbonyl (C=O) groups is 2. The van der Waals surface area contributed by atoms with Crippen LogP contribution in [0.15, 0.2) is 58.8 Å². The van der Waals surface area contributed by atoms with Crippen LogP contribution in [0.3, 0.4) is 0 Å². The van der Waals surface area contributed by atoms with Crippen LogP contribution in [0.4, 0.5) is 11.4 Å². The topological polar surface area (TPSA) is 79.1 Å². The van der Waals surface area contributed by atoms with Crippen molar-refractivity contribution in [1.82, 2.24) is 0 Å². The predicted octanol–water partition coefficient (Wildman–Crippen LogP) is 3.61. The highest BCUT2D eigenvalue weighted by atomic mass is 16.4. The predicted molar refractivity (Wildman–Crippen MR) is 69.4 cm³/mol. The van der Waals surface area contributed by atoms with Crippen LogP contribution in [0.25, 0.3) is 0 Å². The van der Waals surface area contributed by atoms with Crippen molar-refractivity contribution in [2.75, 3.05) is 0 Å². The van der Waals surface area contributed by atoms with Crippen molar-refractivity contribution in [2.24, 2.45) is 10.2 Å². The zero-order valence-corrected chi connectivity index (χ0v) is 9.85. The quantitative estimate of drug-likeness (QED) is 0.668. The van der Waals surface area contributed by atoms with E-state index in [2.05, 4.69) is 10.2 Å². The largest absolute Gasteiger partial charge is 0.478 e. The molecule has 94 valence electrons. The van der Waals surface area contributed by atoms with Crippen LogP contribution in [0.1, 0.15) is 20.7 Å². The highest BCUT2D eigenvalue weighted by Crippen LogP contribution is 2.22. The van der Waals surface area contributed by atoms with E-state index >= 15 is 0 Å². The Kier molecular flexibility index (Phi) is 3.78.